The standard InChI is InChI=1S/C21H26N4O2/c1-4-19-24-18-7-5-12-22-20(18)25(19)17-10-8-16(9-11-17)21(26)23-13-6-14-27-15(2)3/h5,7-12,15H,4,6,13-14H2,1-3H3,(H,23,26). The summed E-state index contributed by atoms with van der Waals surface area (Å²) in [6, 6.07) is 11.4. The predicted octanol–water partition coefficient (Wildman–Crippen LogP) is 3.53. The highest BCUT2D eigenvalue weighted by molar-refractivity contribution is 5.94. The molecular weight excluding hydrogens is 340 g/mol. The monoisotopic (exact) mass is 366 g/mol. The minimum atomic E-state index is -0.0737. The number of nitrogens with one attached hydrogen (secondary N) is 1. The van der Waals surface area contributed by atoms with Crippen molar-refractivity contribution >= 4 is 17.1 Å². The Balaban J connectivity index is 1.70. The third kappa shape index (κ3) is 4.52. The number of nitrogens with zero attached hydrogens (tertiary/aromatic N) is 3. The summed E-state index contributed by atoms with van der Waals surface area (Å²) in [6.07, 6.45) is 3.59. The van der Waals surface area contributed by atoms with Crippen molar-refractivity contribution in [3.05, 3.63) is 54.0 Å². The molecule has 3 aromatic rings. The average molecular weight is 366 g/mol. The molecule has 0 aliphatic carbocycles. The first-order valence-electron chi connectivity index (χ1n) is 9.42. The summed E-state index contributed by atoms with van der Waals surface area (Å²) in [5.74, 6) is 0.876. The molecule has 142 valence electrons. The van der Waals surface area contributed by atoms with E-state index in [9.17, 15) is 4.79 Å². The van der Waals surface area contributed by atoms with Gasteiger partial charge in [-0.2, -0.15) is 0 Å². The largest absolute Gasteiger partial charge is 0.379 e. The molecule has 0 fully saturated rings. The Hall–Kier alpha value is -2.73. The Morgan fingerprint density at radius 1 is 1.22 bits per heavy atom. The third-order valence-corrected chi connectivity index (χ3v) is 4.25. The number of pyridine rings is 1. The number of aromatic nitrogens is 3. The number of rotatable bonds is 8. The van der Waals surface area contributed by atoms with Crippen LogP contribution in [0.4, 0.5) is 0 Å². The van der Waals surface area contributed by atoms with Crippen LogP contribution >= 0.6 is 0 Å². The molecule has 0 radical (unpaired) electrons. The summed E-state index contributed by atoms with van der Waals surface area (Å²) in [6.45, 7) is 7.33. The topological polar surface area (TPSA) is 69.0 Å². The van der Waals surface area contributed by atoms with Crippen LogP contribution in [0.2, 0.25) is 0 Å². The lowest BCUT2D eigenvalue weighted by Gasteiger charge is -2.10. The summed E-state index contributed by atoms with van der Waals surface area (Å²) < 4.78 is 7.52. The van der Waals surface area contributed by atoms with Crippen LogP contribution in [0.3, 0.4) is 0 Å². The number of carbonyl (C=O) groups excluding carboxylic acids is 1. The Morgan fingerprint density at radius 2 is 2.00 bits per heavy atom. The number of fused-ring (bicyclic) bond motifs is 1. The van der Waals surface area contributed by atoms with Gasteiger partial charge >= 0.3 is 0 Å². The molecule has 0 atom stereocenters. The maximum absolute atomic E-state index is 12.3. The molecular formula is C21H26N4O2. The van der Waals surface area contributed by atoms with Gasteiger partial charge in [-0.3, -0.25) is 9.36 Å². The van der Waals surface area contributed by atoms with E-state index in [1.165, 1.54) is 0 Å². The van der Waals surface area contributed by atoms with Gasteiger partial charge in [-0.1, -0.05) is 6.92 Å². The number of amides is 1. The van der Waals surface area contributed by atoms with Gasteiger partial charge in [0.25, 0.3) is 5.91 Å². The minimum absolute atomic E-state index is 0.0737. The molecule has 6 nitrogen and oxygen atoms in total. The van der Waals surface area contributed by atoms with Gasteiger partial charge < -0.3 is 10.1 Å². The van der Waals surface area contributed by atoms with Gasteiger partial charge in [0.05, 0.1) is 6.10 Å². The zero-order chi connectivity index (χ0) is 19.2. The van der Waals surface area contributed by atoms with Gasteiger partial charge in [0.2, 0.25) is 0 Å². The molecule has 0 aliphatic heterocycles. The number of imidazole rings is 1. The first-order chi connectivity index (χ1) is 13.1. The molecule has 0 bridgehead atoms. The van der Waals surface area contributed by atoms with Crippen LogP contribution in [-0.4, -0.2) is 39.7 Å². The van der Waals surface area contributed by atoms with Crippen molar-refractivity contribution in [1.82, 2.24) is 19.9 Å². The van der Waals surface area contributed by atoms with Crippen molar-refractivity contribution in [1.29, 1.82) is 0 Å². The second-order valence-corrected chi connectivity index (χ2v) is 6.64. The first kappa shape index (κ1) is 19.0. The first-order valence-corrected chi connectivity index (χ1v) is 9.42. The van der Waals surface area contributed by atoms with Crippen molar-refractivity contribution in [2.24, 2.45) is 0 Å². The molecule has 2 aromatic heterocycles. The van der Waals surface area contributed by atoms with E-state index in [0.717, 1.165) is 35.5 Å². The molecule has 27 heavy (non-hydrogen) atoms. The van der Waals surface area contributed by atoms with Gasteiger partial charge in [0, 0.05) is 37.0 Å². The summed E-state index contributed by atoms with van der Waals surface area (Å²) in [4.78, 5) is 21.4. The summed E-state index contributed by atoms with van der Waals surface area (Å²) in [7, 11) is 0. The molecule has 0 spiro atoms. The molecule has 1 amide bonds. The lowest BCUT2D eigenvalue weighted by Crippen LogP contribution is -2.25. The zero-order valence-corrected chi connectivity index (χ0v) is 16.1. The molecule has 0 unspecified atom stereocenters. The van der Waals surface area contributed by atoms with Crippen molar-refractivity contribution in [2.45, 2.75) is 39.7 Å². The highest BCUT2D eigenvalue weighted by Crippen LogP contribution is 2.20. The van der Waals surface area contributed by atoms with Gasteiger partial charge in [-0.15, -0.1) is 0 Å². The molecule has 0 aliphatic rings. The lowest BCUT2D eigenvalue weighted by atomic mass is 10.2. The Kier molecular flexibility index (Phi) is 6.19. The van der Waals surface area contributed by atoms with E-state index < -0.39 is 0 Å². The van der Waals surface area contributed by atoms with Crippen LogP contribution in [0, 0.1) is 0 Å². The number of aryl methyl sites for hydroxylation is 1. The zero-order valence-electron chi connectivity index (χ0n) is 16.1. The second kappa shape index (κ2) is 8.77. The van der Waals surface area contributed by atoms with E-state index in [4.69, 9.17) is 4.74 Å². The third-order valence-electron chi connectivity index (χ3n) is 4.25. The molecule has 0 saturated heterocycles. The van der Waals surface area contributed by atoms with Crippen molar-refractivity contribution in [3.8, 4) is 5.69 Å². The van der Waals surface area contributed by atoms with E-state index in [0.29, 0.717) is 18.7 Å². The number of ether oxygens (including phenoxy) is 1. The minimum Gasteiger partial charge on any atom is -0.379 e. The van der Waals surface area contributed by atoms with Crippen LogP contribution in [0.25, 0.3) is 16.9 Å². The lowest BCUT2D eigenvalue weighted by molar-refractivity contribution is 0.0757. The number of hydrogen-bond acceptors (Lipinski definition) is 4. The highest BCUT2D eigenvalue weighted by atomic mass is 16.5. The molecule has 0 saturated carbocycles. The highest BCUT2D eigenvalue weighted by Gasteiger charge is 2.12. The van der Waals surface area contributed by atoms with Crippen LogP contribution < -0.4 is 5.32 Å². The van der Waals surface area contributed by atoms with E-state index in [1.54, 1.807) is 6.20 Å². The van der Waals surface area contributed by atoms with E-state index >= 15 is 0 Å². The summed E-state index contributed by atoms with van der Waals surface area (Å²) >= 11 is 0. The maximum atomic E-state index is 12.3. The van der Waals surface area contributed by atoms with Crippen LogP contribution in [0.5, 0.6) is 0 Å². The van der Waals surface area contributed by atoms with Gasteiger partial charge in [-0.25, -0.2) is 9.97 Å². The van der Waals surface area contributed by atoms with Crippen LogP contribution in [0.1, 0.15) is 43.4 Å². The Morgan fingerprint density at radius 3 is 2.70 bits per heavy atom. The normalized spacial score (nSPS) is 11.3. The van der Waals surface area contributed by atoms with E-state index in [2.05, 4.69) is 22.2 Å². The predicted molar refractivity (Wildman–Crippen MR) is 106 cm³/mol. The van der Waals surface area contributed by atoms with Gasteiger partial charge in [0.1, 0.15) is 11.3 Å². The molecule has 3 rings (SSSR count). The average Bonchev–Trinajstić information content (AvgIpc) is 3.06. The molecule has 6 heteroatoms. The summed E-state index contributed by atoms with van der Waals surface area (Å²) in [5, 5.41) is 2.93. The maximum Gasteiger partial charge on any atom is 0.251 e. The Bertz CT molecular complexity index is 900. The molecule has 1 N–H and O–H groups in total. The quantitative estimate of drug-likeness (QED) is 0.619. The van der Waals surface area contributed by atoms with Crippen molar-refractivity contribution < 1.29 is 9.53 Å². The fourth-order valence-corrected chi connectivity index (χ4v) is 2.92. The van der Waals surface area contributed by atoms with Crippen molar-refractivity contribution in [2.75, 3.05) is 13.2 Å². The van der Waals surface area contributed by atoms with Gasteiger partial charge in [0.15, 0.2) is 5.65 Å². The van der Waals surface area contributed by atoms with Crippen LogP contribution in [0.15, 0.2) is 42.6 Å². The number of benzene rings is 1. The number of hydrogen-bond donors (Lipinski definition) is 1. The Labute approximate surface area is 159 Å². The van der Waals surface area contributed by atoms with Crippen molar-refractivity contribution in [3.63, 3.8) is 0 Å². The van der Waals surface area contributed by atoms with E-state index in [1.807, 2.05) is 54.8 Å². The van der Waals surface area contributed by atoms with Crippen LogP contribution in [-0.2, 0) is 11.2 Å². The fourth-order valence-electron chi connectivity index (χ4n) is 2.92. The second-order valence-electron chi connectivity index (χ2n) is 6.64. The molecule has 2 heterocycles. The number of carbonyl (C=O) groups is 1. The van der Waals surface area contributed by atoms with E-state index in [-0.39, 0.29) is 12.0 Å². The SMILES string of the molecule is CCc1nc2cccnc2n1-c1ccc(C(=O)NCCCOC(C)C)cc1. The smallest absolute Gasteiger partial charge is 0.251 e. The molecule has 1 aromatic carbocycles. The van der Waals surface area contributed by atoms with Gasteiger partial charge in [-0.05, 0) is 56.7 Å². The summed E-state index contributed by atoms with van der Waals surface area (Å²) in [5.41, 5.74) is 3.30. The fraction of sp³-hybridized carbons (Fsp3) is 0.381.